The SMILES string of the molecule is CC(C)NC(=O)CN1CCN(Cn2c(=O)oc3ccccc32)CC1. The second-order valence-corrected chi connectivity index (χ2v) is 6.52. The van der Waals surface area contributed by atoms with E-state index in [4.69, 9.17) is 4.42 Å². The van der Waals surface area contributed by atoms with Gasteiger partial charge >= 0.3 is 5.76 Å². The van der Waals surface area contributed by atoms with Gasteiger partial charge in [-0.25, -0.2) is 4.79 Å². The van der Waals surface area contributed by atoms with E-state index in [0.29, 0.717) is 18.8 Å². The van der Waals surface area contributed by atoms with Crippen LogP contribution in [0.4, 0.5) is 0 Å². The lowest BCUT2D eigenvalue weighted by atomic mass is 10.3. The van der Waals surface area contributed by atoms with Gasteiger partial charge in [-0.05, 0) is 26.0 Å². The molecule has 0 spiro atoms. The lowest BCUT2D eigenvalue weighted by Crippen LogP contribution is -2.50. The van der Waals surface area contributed by atoms with Crippen LogP contribution in [-0.4, -0.2) is 59.0 Å². The number of aromatic nitrogens is 1. The predicted octanol–water partition coefficient (Wildman–Crippen LogP) is 0.694. The summed E-state index contributed by atoms with van der Waals surface area (Å²) in [6.45, 7) is 8.14. The molecular formula is C17H24N4O3. The van der Waals surface area contributed by atoms with Gasteiger partial charge in [0, 0.05) is 32.2 Å². The third kappa shape index (κ3) is 3.85. The van der Waals surface area contributed by atoms with E-state index in [0.717, 1.165) is 31.7 Å². The van der Waals surface area contributed by atoms with Crippen LogP contribution < -0.4 is 11.1 Å². The van der Waals surface area contributed by atoms with E-state index in [9.17, 15) is 9.59 Å². The molecule has 1 fully saturated rings. The van der Waals surface area contributed by atoms with Gasteiger partial charge in [-0.2, -0.15) is 0 Å². The van der Waals surface area contributed by atoms with E-state index in [2.05, 4.69) is 15.1 Å². The smallest absolute Gasteiger partial charge is 0.408 e. The number of nitrogens with zero attached hydrogens (tertiary/aromatic N) is 3. The molecule has 1 N–H and O–H groups in total. The van der Waals surface area contributed by atoms with E-state index in [1.165, 1.54) is 0 Å². The molecule has 3 rings (SSSR count). The molecule has 1 aliphatic heterocycles. The van der Waals surface area contributed by atoms with Gasteiger partial charge in [0.1, 0.15) is 0 Å². The average Bonchev–Trinajstić information content (AvgIpc) is 2.84. The number of nitrogens with one attached hydrogen (secondary N) is 1. The zero-order chi connectivity index (χ0) is 17.1. The Kier molecular flexibility index (Phi) is 5.01. The first-order valence-corrected chi connectivity index (χ1v) is 8.35. The maximum Gasteiger partial charge on any atom is 0.421 e. The van der Waals surface area contributed by atoms with Crippen molar-refractivity contribution >= 4 is 17.0 Å². The molecule has 1 aromatic heterocycles. The summed E-state index contributed by atoms with van der Waals surface area (Å²) in [4.78, 5) is 28.2. The van der Waals surface area contributed by atoms with Crippen molar-refractivity contribution in [3.8, 4) is 0 Å². The number of carbonyl (C=O) groups excluding carboxylic acids is 1. The largest absolute Gasteiger partial charge is 0.421 e. The summed E-state index contributed by atoms with van der Waals surface area (Å²) in [5.41, 5.74) is 1.44. The minimum atomic E-state index is -0.324. The molecule has 0 bridgehead atoms. The molecule has 1 saturated heterocycles. The molecule has 1 aromatic carbocycles. The van der Waals surface area contributed by atoms with E-state index < -0.39 is 0 Å². The molecule has 130 valence electrons. The highest BCUT2D eigenvalue weighted by Crippen LogP contribution is 2.13. The van der Waals surface area contributed by atoms with Crippen molar-refractivity contribution in [3.05, 3.63) is 34.8 Å². The van der Waals surface area contributed by atoms with Gasteiger partial charge in [-0.1, -0.05) is 12.1 Å². The van der Waals surface area contributed by atoms with Crippen molar-refractivity contribution in [1.82, 2.24) is 19.7 Å². The molecule has 0 saturated carbocycles. The van der Waals surface area contributed by atoms with Crippen LogP contribution in [0.5, 0.6) is 0 Å². The number of para-hydroxylation sites is 2. The van der Waals surface area contributed by atoms with Crippen LogP contribution in [0.1, 0.15) is 13.8 Å². The van der Waals surface area contributed by atoms with Gasteiger partial charge in [-0.15, -0.1) is 0 Å². The Balaban J connectivity index is 1.56. The monoisotopic (exact) mass is 332 g/mol. The van der Waals surface area contributed by atoms with Crippen LogP contribution in [0.15, 0.2) is 33.5 Å². The van der Waals surface area contributed by atoms with Gasteiger partial charge < -0.3 is 9.73 Å². The van der Waals surface area contributed by atoms with Gasteiger partial charge in [0.05, 0.1) is 18.7 Å². The topological polar surface area (TPSA) is 70.7 Å². The lowest BCUT2D eigenvalue weighted by Gasteiger charge is -2.34. The number of hydrogen-bond donors (Lipinski definition) is 1. The van der Waals surface area contributed by atoms with Crippen molar-refractivity contribution in [2.75, 3.05) is 32.7 Å². The zero-order valence-electron chi connectivity index (χ0n) is 14.2. The Morgan fingerprint density at radius 3 is 2.54 bits per heavy atom. The van der Waals surface area contributed by atoms with Crippen molar-refractivity contribution < 1.29 is 9.21 Å². The molecule has 2 heterocycles. The first-order valence-electron chi connectivity index (χ1n) is 8.35. The highest BCUT2D eigenvalue weighted by atomic mass is 16.4. The highest BCUT2D eigenvalue weighted by molar-refractivity contribution is 5.78. The summed E-state index contributed by atoms with van der Waals surface area (Å²) in [6, 6.07) is 7.63. The predicted molar refractivity (Wildman–Crippen MR) is 91.8 cm³/mol. The molecule has 0 atom stereocenters. The summed E-state index contributed by atoms with van der Waals surface area (Å²) < 4.78 is 6.93. The summed E-state index contributed by atoms with van der Waals surface area (Å²) >= 11 is 0. The fraction of sp³-hybridized carbons (Fsp3) is 0.529. The van der Waals surface area contributed by atoms with Gasteiger partial charge in [-0.3, -0.25) is 19.2 Å². The fourth-order valence-electron chi connectivity index (χ4n) is 3.01. The number of carbonyl (C=O) groups is 1. The number of oxazole rings is 1. The first kappa shape index (κ1) is 16.7. The van der Waals surface area contributed by atoms with Gasteiger partial charge in [0.15, 0.2) is 5.58 Å². The number of benzene rings is 1. The quantitative estimate of drug-likeness (QED) is 0.872. The third-order valence-electron chi connectivity index (χ3n) is 4.20. The lowest BCUT2D eigenvalue weighted by molar-refractivity contribution is -0.123. The molecule has 1 aliphatic rings. The van der Waals surface area contributed by atoms with Crippen LogP contribution in [0, 0.1) is 0 Å². The van der Waals surface area contributed by atoms with Crippen LogP contribution >= 0.6 is 0 Å². The first-order chi connectivity index (χ1) is 11.5. The summed E-state index contributed by atoms with van der Waals surface area (Å²) in [5.74, 6) is -0.259. The highest BCUT2D eigenvalue weighted by Gasteiger charge is 2.20. The van der Waals surface area contributed by atoms with Crippen molar-refractivity contribution in [1.29, 1.82) is 0 Å². The Morgan fingerprint density at radius 1 is 1.17 bits per heavy atom. The molecule has 7 nitrogen and oxygen atoms in total. The minimum Gasteiger partial charge on any atom is -0.408 e. The van der Waals surface area contributed by atoms with E-state index in [1.54, 1.807) is 10.6 Å². The number of amides is 1. The normalized spacial score (nSPS) is 16.8. The molecule has 2 aromatic rings. The Morgan fingerprint density at radius 2 is 1.83 bits per heavy atom. The van der Waals surface area contributed by atoms with E-state index >= 15 is 0 Å². The number of fused-ring (bicyclic) bond motifs is 1. The number of hydrogen-bond acceptors (Lipinski definition) is 5. The standard InChI is InChI=1S/C17H24N4O3/c1-13(2)18-16(22)11-19-7-9-20(10-8-19)12-21-14-5-3-4-6-15(14)24-17(21)23/h3-6,13H,7-12H2,1-2H3,(H,18,22). The number of piperazine rings is 1. The molecule has 24 heavy (non-hydrogen) atoms. The van der Waals surface area contributed by atoms with E-state index in [-0.39, 0.29) is 17.7 Å². The van der Waals surface area contributed by atoms with Crippen LogP contribution in [-0.2, 0) is 11.5 Å². The molecule has 0 aliphatic carbocycles. The van der Waals surface area contributed by atoms with Crippen molar-refractivity contribution in [3.63, 3.8) is 0 Å². The Hall–Kier alpha value is -2.12. The zero-order valence-corrected chi connectivity index (χ0v) is 14.2. The maximum atomic E-state index is 12.0. The second kappa shape index (κ2) is 7.19. The maximum absolute atomic E-state index is 12.0. The van der Waals surface area contributed by atoms with Crippen LogP contribution in [0.2, 0.25) is 0 Å². The third-order valence-corrected chi connectivity index (χ3v) is 4.20. The average molecular weight is 332 g/mol. The van der Waals surface area contributed by atoms with Gasteiger partial charge in [0.2, 0.25) is 5.91 Å². The molecule has 1 amide bonds. The van der Waals surface area contributed by atoms with E-state index in [1.807, 2.05) is 32.0 Å². The Bertz CT molecular complexity index is 757. The van der Waals surface area contributed by atoms with Crippen molar-refractivity contribution in [2.24, 2.45) is 0 Å². The summed E-state index contributed by atoms with van der Waals surface area (Å²) in [5, 5.41) is 2.91. The number of rotatable bonds is 5. The molecule has 7 heteroatoms. The van der Waals surface area contributed by atoms with Gasteiger partial charge in [0.25, 0.3) is 0 Å². The summed E-state index contributed by atoms with van der Waals surface area (Å²) in [6.07, 6.45) is 0. The van der Waals surface area contributed by atoms with Crippen LogP contribution in [0.25, 0.3) is 11.1 Å². The van der Waals surface area contributed by atoms with Crippen LogP contribution in [0.3, 0.4) is 0 Å². The minimum absolute atomic E-state index is 0.0653. The molecule has 0 radical (unpaired) electrons. The molecule has 0 unspecified atom stereocenters. The summed E-state index contributed by atoms with van der Waals surface area (Å²) in [7, 11) is 0. The molecular weight excluding hydrogens is 308 g/mol. The van der Waals surface area contributed by atoms with Crippen molar-refractivity contribution in [2.45, 2.75) is 26.6 Å². The second-order valence-electron chi connectivity index (χ2n) is 6.52. The fourth-order valence-corrected chi connectivity index (χ4v) is 3.01. The Labute approximate surface area is 140 Å².